The second-order valence-electron chi connectivity index (χ2n) is 10.9. The first-order valence-electron chi connectivity index (χ1n) is 14.8. The summed E-state index contributed by atoms with van der Waals surface area (Å²) in [5.74, 6) is -0.952. The summed E-state index contributed by atoms with van der Waals surface area (Å²) in [6.45, 7) is 1.44. The van der Waals surface area contributed by atoms with Crippen LogP contribution in [-0.4, -0.2) is 35.1 Å². The van der Waals surface area contributed by atoms with Crippen LogP contribution in [-0.2, 0) is 22.6 Å². The van der Waals surface area contributed by atoms with Gasteiger partial charge in [0, 0.05) is 18.5 Å². The Morgan fingerprint density at radius 1 is 0.667 bits per heavy atom. The lowest BCUT2D eigenvalue weighted by atomic mass is 9.98. The number of benzene rings is 5. The SMILES string of the molecule is CC(=O)CNC(=O)C(Cc1ccc(-c2ccccc2)cc1)N(Cc1ccc(-c2ccccc2)cc1)C(=O)c1ccc(C#N)cc1. The van der Waals surface area contributed by atoms with E-state index < -0.39 is 11.9 Å². The number of nitriles is 1. The van der Waals surface area contributed by atoms with Crippen molar-refractivity contribution in [1.29, 1.82) is 5.26 Å². The van der Waals surface area contributed by atoms with E-state index in [1.165, 1.54) is 6.92 Å². The van der Waals surface area contributed by atoms with Crippen LogP contribution < -0.4 is 5.32 Å². The first-order valence-corrected chi connectivity index (χ1v) is 14.8. The Labute approximate surface area is 263 Å². The number of carbonyl (C=O) groups excluding carboxylic acids is 3. The zero-order valence-electron chi connectivity index (χ0n) is 25.0. The first-order chi connectivity index (χ1) is 21.9. The number of carbonyl (C=O) groups is 3. The summed E-state index contributed by atoms with van der Waals surface area (Å²) < 4.78 is 0. The summed E-state index contributed by atoms with van der Waals surface area (Å²) in [7, 11) is 0. The van der Waals surface area contributed by atoms with Crippen molar-refractivity contribution in [2.24, 2.45) is 0 Å². The number of ketones is 1. The van der Waals surface area contributed by atoms with E-state index in [1.54, 1.807) is 29.2 Å². The maximum atomic E-state index is 14.1. The summed E-state index contributed by atoms with van der Waals surface area (Å²) in [4.78, 5) is 41.3. The summed E-state index contributed by atoms with van der Waals surface area (Å²) in [5, 5.41) is 12.0. The number of hydrogen-bond acceptors (Lipinski definition) is 4. The van der Waals surface area contributed by atoms with Crippen LogP contribution in [0.15, 0.2) is 133 Å². The van der Waals surface area contributed by atoms with E-state index in [4.69, 9.17) is 0 Å². The van der Waals surface area contributed by atoms with E-state index in [0.29, 0.717) is 11.1 Å². The van der Waals surface area contributed by atoms with Gasteiger partial charge in [-0.1, -0.05) is 109 Å². The van der Waals surface area contributed by atoms with Gasteiger partial charge in [-0.15, -0.1) is 0 Å². The summed E-state index contributed by atoms with van der Waals surface area (Å²) in [5.41, 5.74) is 6.75. The first kappa shape index (κ1) is 30.7. The fraction of sp³-hybridized carbons (Fsp3) is 0.128. The Bertz CT molecular complexity index is 1790. The summed E-state index contributed by atoms with van der Waals surface area (Å²) in [6, 6.07) is 43.4. The third kappa shape index (κ3) is 7.98. The molecule has 5 aromatic carbocycles. The molecule has 1 N–H and O–H groups in total. The molecule has 2 amide bonds. The predicted molar refractivity (Wildman–Crippen MR) is 176 cm³/mol. The van der Waals surface area contributed by atoms with E-state index >= 15 is 0 Å². The van der Waals surface area contributed by atoms with Gasteiger partial charge in [0.1, 0.15) is 11.8 Å². The molecule has 5 rings (SSSR count). The van der Waals surface area contributed by atoms with Crippen molar-refractivity contribution in [3.8, 4) is 28.3 Å². The number of nitrogens with one attached hydrogen (secondary N) is 1. The fourth-order valence-electron chi connectivity index (χ4n) is 5.17. The van der Waals surface area contributed by atoms with E-state index in [-0.39, 0.29) is 31.2 Å². The Morgan fingerprint density at radius 2 is 1.16 bits per heavy atom. The van der Waals surface area contributed by atoms with E-state index in [0.717, 1.165) is 33.4 Å². The van der Waals surface area contributed by atoms with Crippen LogP contribution in [0.25, 0.3) is 22.3 Å². The van der Waals surface area contributed by atoms with E-state index in [1.807, 2.05) is 109 Å². The molecule has 0 aliphatic rings. The molecule has 0 heterocycles. The molecule has 222 valence electrons. The van der Waals surface area contributed by atoms with Gasteiger partial charge in [0.15, 0.2) is 0 Å². The van der Waals surface area contributed by atoms with Crippen LogP contribution in [0, 0.1) is 11.3 Å². The van der Waals surface area contributed by atoms with Crippen molar-refractivity contribution >= 4 is 17.6 Å². The second kappa shape index (κ2) is 14.6. The second-order valence-corrected chi connectivity index (χ2v) is 10.9. The normalized spacial score (nSPS) is 11.2. The minimum Gasteiger partial charge on any atom is -0.347 e. The van der Waals surface area contributed by atoms with Gasteiger partial charge < -0.3 is 10.2 Å². The topological polar surface area (TPSA) is 90.3 Å². The molecular weight excluding hydrogens is 558 g/mol. The molecule has 0 fully saturated rings. The van der Waals surface area contributed by atoms with Crippen molar-refractivity contribution in [2.75, 3.05) is 6.54 Å². The minimum atomic E-state index is -0.913. The molecule has 0 bridgehead atoms. The van der Waals surface area contributed by atoms with Gasteiger partial charge in [0.25, 0.3) is 5.91 Å². The van der Waals surface area contributed by atoms with Gasteiger partial charge in [-0.05, 0) is 64.6 Å². The maximum absolute atomic E-state index is 14.1. The maximum Gasteiger partial charge on any atom is 0.254 e. The number of rotatable bonds is 11. The Hall–Kier alpha value is -5.80. The Kier molecular flexibility index (Phi) is 9.94. The van der Waals surface area contributed by atoms with Crippen LogP contribution in [0.3, 0.4) is 0 Å². The highest BCUT2D eigenvalue weighted by atomic mass is 16.2. The highest BCUT2D eigenvalue weighted by Gasteiger charge is 2.31. The molecule has 6 heteroatoms. The minimum absolute atomic E-state index is 0.132. The van der Waals surface area contributed by atoms with Gasteiger partial charge in [-0.25, -0.2) is 0 Å². The number of nitrogens with zero attached hydrogens (tertiary/aromatic N) is 2. The molecule has 0 aliphatic carbocycles. The third-order valence-electron chi connectivity index (χ3n) is 7.62. The molecule has 0 saturated heterocycles. The van der Waals surface area contributed by atoms with E-state index in [2.05, 4.69) is 11.4 Å². The molecule has 45 heavy (non-hydrogen) atoms. The van der Waals surface area contributed by atoms with Gasteiger partial charge in [0.05, 0.1) is 18.2 Å². The summed E-state index contributed by atoms with van der Waals surface area (Å²) >= 11 is 0. The largest absolute Gasteiger partial charge is 0.347 e. The van der Waals surface area contributed by atoms with Crippen molar-refractivity contribution in [1.82, 2.24) is 10.2 Å². The van der Waals surface area contributed by atoms with Gasteiger partial charge in [-0.3, -0.25) is 14.4 Å². The Morgan fingerprint density at radius 3 is 1.64 bits per heavy atom. The molecule has 6 nitrogen and oxygen atoms in total. The molecule has 0 radical (unpaired) electrons. The highest BCUT2D eigenvalue weighted by Crippen LogP contribution is 2.24. The predicted octanol–water partition coefficient (Wildman–Crippen LogP) is 6.85. The highest BCUT2D eigenvalue weighted by molar-refractivity contribution is 5.98. The van der Waals surface area contributed by atoms with Crippen molar-refractivity contribution in [2.45, 2.75) is 25.9 Å². The number of amides is 2. The van der Waals surface area contributed by atoms with Crippen molar-refractivity contribution < 1.29 is 14.4 Å². The van der Waals surface area contributed by atoms with Crippen LogP contribution in [0.4, 0.5) is 0 Å². The molecule has 1 unspecified atom stereocenters. The smallest absolute Gasteiger partial charge is 0.254 e. The van der Waals surface area contributed by atoms with Gasteiger partial charge in [-0.2, -0.15) is 5.26 Å². The zero-order chi connectivity index (χ0) is 31.6. The molecule has 0 saturated carbocycles. The van der Waals surface area contributed by atoms with Crippen LogP contribution in [0.2, 0.25) is 0 Å². The zero-order valence-corrected chi connectivity index (χ0v) is 25.0. The number of Topliss-reactive ketones (excluding diaryl/α,β-unsaturated/α-hetero) is 1. The van der Waals surface area contributed by atoms with Crippen molar-refractivity contribution in [3.63, 3.8) is 0 Å². The monoisotopic (exact) mass is 591 g/mol. The molecule has 0 aliphatic heterocycles. The lowest BCUT2D eigenvalue weighted by Crippen LogP contribution is -2.51. The third-order valence-corrected chi connectivity index (χ3v) is 7.62. The lowest BCUT2D eigenvalue weighted by Gasteiger charge is -2.31. The standard InChI is InChI=1S/C39H33N3O3/c1-28(43)26-41-38(44)37(24-29-12-18-34(19-13-29)32-8-4-2-5-9-32)42(39(45)36-22-14-30(25-40)15-23-36)27-31-16-20-35(21-17-31)33-10-6-3-7-11-33/h2-23,37H,24,26-27H2,1H3,(H,41,44). The molecular formula is C39H33N3O3. The molecule has 0 spiro atoms. The number of hydrogen-bond donors (Lipinski definition) is 1. The quantitative estimate of drug-likeness (QED) is 0.182. The van der Waals surface area contributed by atoms with Crippen molar-refractivity contribution in [3.05, 3.63) is 156 Å². The summed E-state index contributed by atoms with van der Waals surface area (Å²) in [6.07, 6.45) is 0.239. The lowest BCUT2D eigenvalue weighted by molar-refractivity contribution is -0.128. The van der Waals surface area contributed by atoms with E-state index in [9.17, 15) is 19.6 Å². The average molecular weight is 592 g/mol. The average Bonchev–Trinajstić information content (AvgIpc) is 3.09. The van der Waals surface area contributed by atoms with Gasteiger partial charge in [0.2, 0.25) is 5.91 Å². The van der Waals surface area contributed by atoms with Crippen LogP contribution >= 0.6 is 0 Å². The Balaban J connectivity index is 1.49. The fourth-order valence-corrected chi connectivity index (χ4v) is 5.17. The van der Waals surface area contributed by atoms with Crippen LogP contribution in [0.5, 0.6) is 0 Å². The molecule has 1 atom stereocenters. The van der Waals surface area contributed by atoms with Gasteiger partial charge >= 0.3 is 0 Å². The van der Waals surface area contributed by atoms with Crippen LogP contribution in [0.1, 0.15) is 34.0 Å². The molecule has 0 aromatic heterocycles. The molecule has 5 aromatic rings.